The maximum atomic E-state index is 12.4. The lowest BCUT2D eigenvalue weighted by Gasteiger charge is -2.24. The average Bonchev–Trinajstić information content (AvgIpc) is 3.07. The maximum absolute atomic E-state index is 12.4. The molecule has 1 aromatic heterocycles. The van der Waals surface area contributed by atoms with Gasteiger partial charge in [0.2, 0.25) is 5.91 Å². The summed E-state index contributed by atoms with van der Waals surface area (Å²) in [6.07, 6.45) is 2.21. The number of nitrogens with zero attached hydrogens (tertiary/aromatic N) is 2. The van der Waals surface area contributed by atoms with Gasteiger partial charge in [0.1, 0.15) is 11.6 Å². The summed E-state index contributed by atoms with van der Waals surface area (Å²) in [5.74, 6) is 1.42. The van der Waals surface area contributed by atoms with E-state index in [9.17, 15) is 4.79 Å². The minimum atomic E-state index is -0.0436. The third kappa shape index (κ3) is 2.74. The van der Waals surface area contributed by atoms with Gasteiger partial charge < -0.3 is 10.1 Å². The number of carbonyl (C=O) groups excluding carboxylic acids is 1. The van der Waals surface area contributed by atoms with E-state index < -0.39 is 0 Å². The van der Waals surface area contributed by atoms with E-state index in [1.807, 2.05) is 55.6 Å². The van der Waals surface area contributed by atoms with Gasteiger partial charge in [-0.25, -0.2) is 4.68 Å². The van der Waals surface area contributed by atoms with Gasteiger partial charge in [-0.15, -0.1) is 0 Å². The fourth-order valence-electron chi connectivity index (χ4n) is 3.36. The van der Waals surface area contributed by atoms with E-state index in [1.54, 1.807) is 11.8 Å². The topological polar surface area (TPSA) is 56.1 Å². The molecule has 4 rings (SSSR count). The lowest BCUT2D eigenvalue weighted by atomic mass is 9.87. The van der Waals surface area contributed by atoms with Crippen LogP contribution in [0, 0.1) is 6.92 Å². The van der Waals surface area contributed by atoms with Gasteiger partial charge in [-0.3, -0.25) is 4.79 Å². The Morgan fingerprint density at radius 1 is 1.23 bits per heavy atom. The van der Waals surface area contributed by atoms with Crippen LogP contribution in [0.25, 0.3) is 5.69 Å². The first-order valence-electron chi connectivity index (χ1n) is 8.35. The van der Waals surface area contributed by atoms with Crippen LogP contribution in [0.5, 0.6) is 5.75 Å². The third-order valence-corrected chi connectivity index (χ3v) is 5.22. The lowest BCUT2D eigenvalue weighted by Crippen LogP contribution is -2.24. The van der Waals surface area contributed by atoms with Crippen LogP contribution in [0.4, 0.5) is 5.82 Å². The van der Waals surface area contributed by atoms with Crippen LogP contribution in [-0.2, 0) is 4.79 Å². The van der Waals surface area contributed by atoms with Gasteiger partial charge in [0.05, 0.1) is 19.0 Å². The number of hydrogen-bond donors (Lipinski definition) is 1. The Hall–Kier alpha value is -2.79. The number of methoxy groups -OCH3 is 1. The molecule has 0 radical (unpaired) electrons. The van der Waals surface area contributed by atoms with Gasteiger partial charge in [-0.05, 0) is 42.3 Å². The second kappa shape index (κ2) is 6.50. The van der Waals surface area contributed by atoms with Crippen molar-refractivity contribution in [2.45, 2.75) is 19.3 Å². The molecular weight excluding hydrogens is 350 g/mol. The molecule has 0 aliphatic carbocycles. The Balaban J connectivity index is 1.81. The van der Waals surface area contributed by atoms with Crippen molar-refractivity contribution in [1.29, 1.82) is 0 Å². The molecule has 1 unspecified atom stereocenters. The zero-order valence-electron chi connectivity index (χ0n) is 14.5. The number of ether oxygens (including phenoxy) is 1. The number of nitrogens with one attached hydrogen (secondary N) is 1. The summed E-state index contributed by atoms with van der Waals surface area (Å²) in [6, 6.07) is 13.5. The number of carbonyl (C=O) groups is 1. The second-order valence-electron chi connectivity index (χ2n) is 6.32. The van der Waals surface area contributed by atoms with Gasteiger partial charge >= 0.3 is 0 Å². The zero-order valence-corrected chi connectivity index (χ0v) is 15.2. The number of fused-ring (bicyclic) bond motifs is 1. The SMILES string of the molecule is COc1ccc(C2CC(=O)Nc3c2cnn3-c2cccc(Cl)c2C)cc1. The number of hydrogen-bond acceptors (Lipinski definition) is 3. The quantitative estimate of drug-likeness (QED) is 0.750. The van der Waals surface area contributed by atoms with Crippen molar-refractivity contribution in [2.24, 2.45) is 0 Å². The number of anilines is 1. The predicted molar refractivity (Wildman–Crippen MR) is 101 cm³/mol. The number of amides is 1. The van der Waals surface area contributed by atoms with Crippen LogP contribution >= 0.6 is 11.6 Å². The minimum absolute atomic E-state index is 0.0280. The fourth-order valence-corrected chi connectivity index (χ4v) is 3.53. The molecule has 1 N–H and O–H groups in total. The average molecular weight is 368 g/mol. The van der Waals surface area contributed by atoms with E-state index >= 15 is 0 Å². The van der Waals surface area contributed by atoms with Crippen molar-refractivity contribution in [2.75, 3.05) is 12.4 Å². The van der Waals surface area contributed by atoms with Gasteiger partial charge in [-0.1, -0.05) is 29.8 Å². The first-order valence-corrected chi connectivity index (χ1v) is 8.73. The number of rotatable bonds is 3. The zero-order chi connectivity index (χ0) is 18.3. The van der Waals surface area contributed by atoms with Crippen molar-refractivity contribution in [1.82, 2.24) is 9.78 Å². The molecule has 2 heterocycles. The summed E-state index contributed by atoms with van der Waals surface area (Å²) >= 11 is 6.26. The molecule has 6 heteroatoms. The normalized spacial score (nSPS) is 16.1. The summed E-state index contributed by atoms with van der Waals surface area (Å²) in [7, 11) is 1.64. The van der Waals surface area contributed by atoms with Crippen molar-refractivity contribution in [3.05, 3.63) is 70.4 Å². The highest BCUT2D eigenvalue weighted by Gasteiger charge is 2.30. The van der Waals surface area contributed by atoms with E-state index in [4.69, 9.17) is 16.3 Å². The van der Waals surface area contributed by atoms with Crippen molar-refractivity contribution < 1.29 is 9.53 Å². The molecule has 132 valence electrons. The summed E-state index contributed by atoms with van der Waals surface area (Å²) in [5, 5.41) is 8.17. The van der Waals surface area contributed by atoms with Gasteiger partial charge in [0.15, 0.2) is 0 Å². The molecule has 2 aromatic carbocycles. The lowest BCUT2D eigenvalue weighted by molar-refractivity contribution is -0.116. The second-order valence-corrected chi connectivity index (χ2v) is 6.73. The molecule has 0 spiro atoms. The Labute approximate surface area is 156 Å². The standard InChI is InChI=1S/C20H18ClN3O2/c1-12-17(21)4-3-5-18(12)24-20-16(11-22-24)15(10-19(25)23-20)13-6-8-14(26-2)9-7-13/h3-9,11,15H,10H2,1-2H3,(H,23,25). The molecule has 1 amide bonds. The highest BCUT2D eigenvalue weighted by molar-refractivity contribution is 6.31. The summed E-state index contributed by atoms with van der Waals surface area (Å²) in [6.45, 7) is 1.94. The van der Waals surface area contributed by atoms with Crippen LogP contribution in [0.1, 0.15) is 29.0 Å². The van der Waals surface area contributed by atoms with Crippen LogP contribution in [0.2, 0.25) is 5.02 Å². The maximum Gasteiger partial charge on any atom is 0.226 e. The van der Waals surface area contributed by atoms with Crippen LogP contribution < -0.4 is 10.1 Å². The summed E-state index contributed by atoms with van der Waals surface area (Å²) in [5.41, 5.74) is 3.83. The Morgan fingerprint density at radius 2 is 2.00 bits per heavy atom. The molecule has 0 saturated heterocycles. The van der Waals surface area contributed by atoms with E-state index in [0.717, 1.165) is 28.1 Å². The molecule has 5 nitrogen and oxygen atoms in total. The summed E-state index contributed by atoms with van der Waals surface area (Å²) < 4.78 is 6.98. The first kappa shape index (κ1) is 16.7. The Bertz CT molecular complexity index is 979. The smallest absolute Gasteiger partial charge is 0.226 e. The Kier molecular flexibility index (Phi) is 4.17. The summed E-state index contributed by atoms with van der Waals surface area (Å²) in [4.78, 5) is 12.4. The Morgan fingerprint density at radius 3 is 2.73 bits per heavy atom. The molecule has 0 fully saturated rings. The van der Waals surface area contributed by atoms with Crippen LogP contribution in [0.3, 0.4) is 0 Å². The highest BCUT2D eigenvalue weighted by atomic mass is 35.5. The van der Waals surface area contributed by atoms with Gasteiger partial charge in [-0.2, -0.15) is 5.10 Å². The molecule has 0 bridgehead atoms. The molecule has 1 atom stereocenters. The highest BCUT2D eigenvalue weighted by Crippen LogP contribution is 2.39. The van der Waals surface area contributed by atoms with Crippen LogP contribution in [-0.4, -0.2) is 22.8 Å². The van der Waals surface area contributed by atoms with Crippen LogP contribution in [0.15, 0.2) is 48.7 Å². The first-order chi connectivity index (χ1) is 12.6. The molecule has 1 aliphatic rings. The van der Waals surface area contributed by atoms with E-state index in [1.165, 1.54) is 0 Å². The van der Waals surface area contributed by atoms with E-state index in [0.29, 0.717) is 17.3 Å². The van der Waals surface area contributed by atoms with Crippen molar-refractivity contribution >= 4 is 23.3 Å². The largest absolute Gasteiger partial charge is 0.497 e. The van der Waals surface area contributed by atoms with Crippen molar-refractivity contribution in [3.63, 3.8) is 0 Å². The number of halogens is 1. The van der Waals surface area contributed by atoms with Gasteiger partial charge in [0, 0.05) is 22.9 Å². The molecule has 0 saturated carbocycles. The third-order valence-electron chi connectivity index (χ3n) is 4.81. The molecule has 1 aliphatic heterocycles. The molecule has 26 heavy (non-hydrogen) atoms. The van der Waals surface area contributed by atoms with E-state index in [2.05, 4.69) is 10.4 Å². The fraction of sp³-hybridized carbons (Fsp3) is 0.200. The number of aromatic nitrogens is 2. The van der Waals surface area contributed by atoms with Crippen molar-refractivity contribution in [3.8, 4) is 11.4 Å². The van der Waals surface area contributed by atoms with Gasteiger partial charge in [0.25, 0.3) is 0 Å². The minimum Gasteiger partial charge on any atom is -0.497 e. The van der Waals surface area contributed by atoms with E-state index in [-0.39, 0.29) is 11.8 Å². The number of benzene rings is 2. The molecular formula is C20H18ClN3O2. The monoisotopic (exact) mass is 367 g/mol. The predicted octanol–water partition coefficient (Wildman–Crippen LogP) is 4.32. The molecule has 3 aromatic rings.